The first-order chi connectivity index (χ1) is 13.8. The van der Waals surface area contributed by atoms with Crippen LogP contribution in [0.3, 0.4) is 0 Å². The molecule has 9 heteroatoms. The van der Waals surface area contributed by atoms with Crippen molar-refractivity contribution in [2.75, 3.05) is 30.3 Å². The quantitative estimate of drug-likeness (QED) is 0.640. The van der Waals surface area contributed by atoms with Crippen molar-refractivity contribution in [2.45, 2.75) is 30.6 Å². The number of benzene rings is 2. The summed E-state index contributed by atoms with van der Waals surface area (Å²) in [6.45, 7) is 0.616. The third-order valence-corrected chi connectivity index (χ3v) is 8.20. The number of nitrogens with one attached hydrogen (secondary N) is 1. The third kappa shape index (κ3) is 5.29. The first-order valence-corrected chi connectivity index (χ1v) is 12.6. The van der Waals surface area contributed by atoms with Gasteiger partial charge in [0.2, 0.25) is 20.0 Å². The molecule has 1 aliphatic heterocycles. The maximum atomic E-state index is 12.9. The molecule has 0 atom stereocenters. The zero-order chi connectivity index (χ0) is 20.9. The first kappa shape index (κ1) is 21.6. The Morgan fingerprint density at radius 2 is 1.86 bits per heavy atom. The lowest BCUT2D eigenvalue weighted by molar-refractivity contribution is 0.402. The number of hydrogen-bond donors (Lipinski definition) is 1. The summed E-state index contributed by atoms with van der Waals surface area (Å²) in [4.78, 5) is -0.0574. The van der Waals surface area contributed by atoms with Crippen LogP contribution in [0.15, 0.2) is 53.4 Å². The largest absolute Gasteiger partial charge is 0.495 e. The van der Waals surface area contributed by atoms with Crippen LogP contribution in [0.1, 0.15) is 24.8 Å². The van der Waals surface area contributed by atoms with Gasteiger partial charge >= 0.3 is 0 Å². The van der Waals surface area contributed by atoms with Crippen LogP contribution in [-0.4, -0.2) is 42.8 Å². The number of sulfonamides is 2. The molecular formula is C20H26N2O5S2. The molecule has 0 spiro atoms. The zero-order valence-electron chi connectivity index (χ0n) is 16.4. The summed E-state index contributed by atoms with van der Waals surface area (Å²) in [6.07, 6.45) is 2.76. The minimum atomic E-state index is -3.85. The summed E-state index contributed by atoms with van der Waals surface area (Å²) in [5.41, 5.74) is 1.48. The van der Waals surface area contributed by atoms with Crippen molar-refractivity contribution in [1.29, 1.82) is 0 Å². The average Bonchev–Trinajstić information content (AvgIpc) is 2.71. The minimum Gasteiger partial charge on any atom is -0.495 e. The summed E-state index contributed by atoms with van der Waals surface area (Å²) >= 11 is 0. The summed E-state index contributed by atoms with van der Waals surface area (Å²) in [7, 11) is -5.90. The van der Waals surface area contributed by atoms with Crippen LogP contribution < -0.4 is 13.8 Å². The van der Waals surface area contributed by atoms with Gasteiger partial charge < -0.3 is 4.74 Å². The number of anilines is 1. The molecule has 0 unspecified atom stereocenters. The topological polar surface area (TPSA) is 92.8 Å². The number of aryl methyl sites for hydroxylation is 1. The Balaban J connectivity index is 1.76. The number of nitrogens with zero attached hydrogens (tertiary/aromatic N) is 1. The number of ether oxygens (including phenoxy) is 1. The van der Waals surface area contributed by atoms with E-state index in [1.54, 1.807) is 6.07 Å². The molecule has 2 aromatic carbocycles. The smallest absolute Gasteiger partial charge is 0.244 e. The molecule has 2 aromatic rings. The lowest BCUT2D eigenvalue weighted by atomic mass is 10.1. The first-order valence-electron chi connectivity index (χ1n) is 9.55. The second-order valence-corrected chi connectivity index (χ2v) is 10.7. The van der Waals surface area contributed by atoms with Crippen LogP contribution in [0.4, 0.5) is 5.69 Å². The molecule has 158 valence electrons. The van der Waals surface area contributed by atoms with Gasteiger partial charge in [-0.15, -0.1) is 0 Å². The van der Waals surface area contributed by atoms with Gasteiger partial charge in [0.15, 0.2) is 0 Å². The Hall–Kier alpha value is -2.10. The van der Waals surface area contributed by atoms with E-state index in [1.807, 2.05) is 30.3 Å². The molecule has 0 aromatic heterocycles. The minimum absolute atomic E-state index is 0.0574. The highest BCUT2D eigenvalue weighted by Crippen LogP contribution is 2.31. The van der Waals surface area contributed by atoms with Crippen LogP contribution >= 0.6 is 0 Å². The number of hydrogen-bond acceptors (Lipinski definition) is 5. The van der Waals surface area contributed by atoms with Crippen molar-refractivity contribution >= 4 is 25.7 Å². The van der Waals surface area contributed by atoms with E-state index in [0.717, 1.165) is 18.4 Å². The summed E-state index contributed by atoms with van der Waals surface area (Å²) in [6, 6.07) is 14.3. The molecule has 0 radical (unpaired) electrons. The summed E-state index contributed by atoms with van der Waals surface area (Å²) in [5, 5.41) is 0. The predicted octanol–water partition coefficient (Wildman–Crippen LogP) is 2.54. The van der Waals surface area contributed by atoms with E-state index in [-0.39, 0.29) is 22.9 Å². The van der Waals surface area contributed by atoms with E-state index in [2.05, 4.69) is 4.72 Å². The second-order valence-electron chi connectivity index (χ2n) is 6.92. The van der Waals surface area contributed by atoms with Gasteiger partial charge in [-0.1, -0.05) is 30.3 Å². The van der Waals surface area contributed by atoms with E-state index in [0.29, 0.717) is 25.1 Å². The molecule has 1 fully saturated rings. The number of methoxy groups -OCH3 is 1. The summed E-state index contributed by atoms with van der Waals surface area (Å²) in [5.74, 6) is 0.248. The molecule has 0 saturated carbocycles. The van der Waals surface area contributed by atoms with E-state index >= 15 is 0 Å². The molecule has 29 heavy (non-hydrogen) atoms. The molecule has 0 amide bonds. The highest BCUT2D eigenvalue weighted by atomic mass is 32.2. The molecule has 1 N–H and O–H groups in total. The molecule has 1 heterocycles. The standard InChI is InChI=1S/C20H26N2O5S2/c1-27-19-12-11-18(22-14-5-6-15-28(22,23)24)16-20(19)29(25,26)21-13-7-10-17-8-3-2-4-9-17/h2-4,8-9,11-12,16,21H,5-7,10,13-15H2,1H3. The zero-order valence-corrected chi connectivity index (χ0v) is 18.0. The highest BCUT2D eigenvalue weighted by molar-refractivity contribution is 7.92. The molecule has 1 saturated heterocycles. The van der Waals surface area contributed by atoms with Gasteiger partial charge in [-0.3, -0.25) is 4.31 Å². The Bertz CT molecular complexity index is 1040. The molecule has 3 rings (SSSR count). The predicted molar refractivity (Wildman–Crippen MR) is 113 cm³/mol. The van der Waals surface area contributed by atoms with Crippen molar-refractivity contribution in [1.82, 2.24) is 4.72 Å². The van der Waals surface area contributed by atoms with Crippen LogP contribution in [-0.2, 0) is 26.5 Å². The van der Waals surface area contributed by atoms with Gasteiger partial charge in [-0.2, -0.15) is 0 Å². The van der Waals surface area contributed by atoms with Crippen molar-refractivity contribution in [3.8, 4) is 5.75 Å². The fourth-order valence-corrected chi connectivity index (χ4v) is 6.22. The third-order valence-electron chi connectivity index (χ3n) is 4.85. The fourth-order valence-electron chi connectivity index (χ4n) is 3.33. The van der Waals surface area contributed by atoms with Gasteiger partial charge in [-0.25, -0.2) is 21.6 Å². The lowest BCUT2D eigenvalue weighted by Crippen LogP contribution is -2.38. The highest BCUT2D eigenvalue weighted by Gasteiger charge is 2.28. The van der Waals surface area contributed by atoms with Crippen LogP contribution in [0, 0.1) is 0 Å². The van der Waals surface area contributed by atoms with Gasteiger partial charge in [0.05, 0.1) is 18.6 Å². The Labute approximate surface area is 172 Å². The summed E-state index contributed by atoms with van der Waals surface area (Å²) < 4.78 is 59.6. The molecule has 7 nitrogen and oxygen atoms in total. The Morgan fingerprint density at radius 1 is 1.10 bits per heavy atom. The Kier molecular flexibility index (Phi) is 6.81. The van der Waals surface area contributed by atoms with E-state index in [9.17, 15) is 16.8 Å². The van der Waals surface area contributed by atoms with Crippen LogP contribution in [0.5, 0.6) is 5.75 Å². The van der Waals surface area contributed by atoms with Crippen LogP contribution in [0.2, 0.25) is 0 Å². The molecular weight excluding hydrogens is 412 g/mol. The van der Waals surface area contributed by atoms with E-state index < -0.39 is 20.0 Å². The fraction of sp³-hybridized carbons (Fsp3) is 0.400. The van der Waals surface area contributed by atoms with Crippen molar-refractivity contribution in [3.05, 3.63) is 54.1 Å². The number of rotatable bonds is 8. The molecule has 1 aliphatic rings. The maximum Gasteiger partial charge on any atom is 0.244 e. The average molecular weight is 439 g/mol. The normalized spacial score (nSPS) is 16.5. The van der Waals surface area contributed by atoms with Crippen LogP contribution in [0.25, 0.3) is 0 Å². The van der Waals surface area contributed by atoms with Gasteiger partial charge in [0.1, 0.15) is 10.6 Å². The second kappa shape index (κ2) is 9.15. The lowest BCUT2D eigenvalue weighted by Gasteiger charge is -2.28. The maximum absolute atomic E-state index is 12.9. The Morgan fingerprint density at radius 3 is 2.55 bits per heavy atom. The van der Waals surface area contributed by atoms with Crippen molar-refractivity contribution < 1.29 is 21.6 Å². The van der Waals surface area contributed by atoms with E-state index in [4.69, 9.17) is 4.74 Å². The van der Waals surface area contributed by atoms with Gasteiger partial charge in [0.25, 0.3) is 0 Å². The van der Waals surface area contributed by atoms with E-state index in [1.165, 1.54) is 23.5 Å². The molecule has 0 aliphatic carbocycles. The monoisotopic (exact) mass is 438 g/mol. The SMILES string of the molecule is COc1ccc(N2CCCCS2(=O)=O)cc1S(=O)(=O)NCCCc1ccccc1. The van der Waals surface area contributed by atoms with Crippen molar-refractivity contribution in [2.24, 2.45) is 0 Å². The van der Waals surface area contributed by atoms with Gasteiger partial charge in [-0.05, 0) is 49.4 Å². The molecule has 0 bridgehead atoms. The van der Waals surface area contributed by atoms with Crippen molar-refractivity contribution in [3.63, 3.8) is 0 Å². The van der Waals surface area contributed by atoms with Gasteiger partial charge in [0, 0.05) is 13.1 Å².